The summed E-state index contributed by atoms with van der Waals surface area (Å²) in [7, 11) is 0. The van der Waals surface area contributed by atoms with Gasteiger partial charge >= 0.3 is 5.97 Å². The first-order valence-electron chi connectivity index (χ1n) is 4.96. The van der Waals surface area contributed by atoms with Gasteiger partial charge in [-0.3, -0.25) is 4.79 Å². The molecule has 84 valence electrons. The molecule has 1 rings (SSSR count). The van der Waals surface area contributed by atoms with Crippen LogP contribution in [0.4, 0.5) is 0 Å². The van der Waals surface area contributed by atoms with E-state index in [1.165, 1.54) is 0 Å². The number of aliphatic carboxylic acids is 1. The van der Waals surface area contributed by atoms with Gasteiger partial charge in [-0.05, 0) is 5.92 Å². The van der Waals surface area contributed by atoms with Gasteiger partial charge in [0.25, 0.3) is 0 Å². The average Bonchev–Trinajstić information content (AvgIpc) is 2.60. The highest BCUT2D eigenvalue weighted by atomic mass is 32.1. The molecule has 0 bridgehead atoms. The van der Waals surface area contributed by atoms with Crippen molar-refractivity contribution in [2.75, 3.05) is 13.1 Å². The van der Waals surface area contributed by atoms with Gasteiger partial charge < -0.3 is 10.4 Å². The first kappa shape index (κ1) is 12.1. The fourth-order valence-corrected chi connectivity index (χ4v) is 2.06. The summed E-state index contributed by atoms with van der Waals surface area (Å²) in [5.74, 6) is -0.362. The van der Waals surface area contributed by atoms with Crippen LogP contribution in [0.3, 0.4) is 0 Å². The SMILES string of the molecule is CC(C)c1csc(CCNCC(=O)O)n1. The Labute approximate surface area is 93.4 Å². The molecule has 1 aromatic heterocycles. The van der Waals surface area contributed by atoms with Crippen molar-refractivity contribution in [1.82, 2.24) is 10.3 Å². The zero-order valence-corrected chi connectivity index (χ0v) is 9.80. The van der Waals surface area contributed by atoms with Gasteiger partial charge in [0.15, 0.2) is 0 Å². The molecule has 2 N–H and O–H groups in total. The molecule has 0 aliphatic rings. The molecule has 15 heavy (non-hydrogen) atoms. The average molecular weight is 228 g/mol. The van der Waals surface area contributed by atoms with Gasteiger partial charge in [-0.15, -0.1) is 11.3 Å². The minimum atomic E-state index is -0.822. The molecule has 0 radical (unpaired) electrons. The van der Waals surface area contributed by atoms with Crippen LogP contribution in [0.25, 0.3) is 0 Å². The molecule has 0 atom stereocenters. The van der Waals surface area contributed by atoms with Gasteiger partial charge in [0.2, 0.25) is 0 Å². The second kappa shape index (κ2) is 5.82. The van der Waals surface area contributed by atoms with Gasteiger partial charge in [-0.1, -0.05) is 13.8 Å². The number of hydrogen-bond acceptors (Lipinski definition) is 4. The Morgan fingerprint density at radius 3 is 2.93 bits per heavy atom. The van der Waals surface area contributed by atoms with Crippen LogP contribution < -0.4 is 5.32 Å². The van der Waals surface area contributed by atoms with Crippen molar-refractivity contribution in [2.45, 2.75) is 26.2 Å². The minimum absolute atomic E-state index is 0.0163. The molecule has 1 heterocycles. The number of hydrogen-bond donors (Lipinski definition) is 2. The number of carboxylic acids is 1. The monoisotopic (exact) mass is 228 g/mol. The molecule has 0 aliphatic carbocycles. The predicted octanol–water partition coefficient (Wildman–Crippen LogP) is 1.48. The summed E-state index contributed by atoms with van der Waals surface area (Å²) in [5.41, 5.74) is 1.12. The van der Waals surface area contributed by atoms with E-state index < -0.39 is 5.97 Å². The number of nitrogens with one attached hydrogen (secondary N) is 1. The quantitative estimate of drug-likeness (QED) is 0.724. The van der Waals surface area contributed by atoms with Crippen LogP contribution in [0.15, 0.2) is 5.38 Å². The number of nitrogens with zero attached hydrogens (tertiary/aromatic N) is 1. The summed E-state index contributed by atoms with van der Waals surface area (Å²) in [6.45, 7) is 4.91. The molecule has 0 saturated carbocycles. The Hall–Kier alpha value is -0.940. The summed E-state index contributed by atoms with van der Waals surface area (Å²) in [4.78, 5) is 14.7. The maximum absolute atomic E-state index is 10.2. The Morgan fingerprint density at radius 1 is 1.67 bits per heavy atom. The van der Waals surface area contributed by atoms with E-state index in [9.17, 15) is 4.79 Å². The lowest BCUT2D eigenvalue weighted by atomic mass is 10.2. The number of carboxylic acid groups (broad SMARTS) is 1. The third-order valence-electron chi connectivity index (χ3n) is 1.95. The van der Waals surface area contributed by atoms with Crippen LogP contribution in [0, 0.1) is 0 Å². The Morgan fingerprint density at radius 2 is 2.40 bits per heavy atom. The van der Waals surface area contributed by atoms with Gasteiger partial charge in [0, 0.05) is 18.3 Å². The second-order valence-electron chi connectivity index (χ2n) is 3.64. The van der Waals surface area contributed by atoms with E-state index in [-0.39, 0.29) is 6.54 Å². The van der Waals surface area contributed by atoms with Crippen LogP contribution in [0.5, 0.6) is 0 Å². The molecule has 0 saturated heterocycles. The molecule has 0 aromatic carbocycles. The van der Waals surface area contributed by atoms with Crippen molar-refractivity contribution in [3.05, 3.63) is 16.1 Å². The van der Waals surface area contributed by atoms with Gasteiger partial charge in [-0.25, -0.2) is 4.98 Å². The fourth-order valence-electron chi connectivity index (χ4n) is 1.10. The summed E-state index contributed by atoms with van der Waals surface area (Å²) in [5, 5.41) is 14.4. The van der Waals surface area contributed by atoms with Crippen molar-refractivity contribution in [3.63, 3.8) is 0 Å². The summed E-state index contributed by atoms with van der Waals surface area (Å²) in [6.07, 6.45) is 0.796. The lowest BCUT2D eigenvalue weighted by molar-refractivity contribution is -0.135. The summed E-state index contributed by atoms with van der Waals surface area (Å²) >= 11 is 1.64. The molecular formula is C10H16N2O2S. The van der Waals surface area contributed by atoms with Crippen molar-refractivity contribution in [2.24, 2.45) is 0 Å². The number of rotatable bonds is 6. The normalized spacial score (nSPS) is 10.9. The highest BCUT2D eigenvalue weighted by Crippen LogP contribution is 2.17. The number of thiazole rings is 1. The van der Waals surface area contributed by atoms with Crippen LogP contribution in [-0.2, 0) is 11.2 Å². The van der Waals surface area contributed by atoms with Gasteiger partial charge in [-0.2, -0.15) is 0 Å². The van der Waals surface area contributed by atoms with E-state index in [0.717, 1.165) is 17.1 Å². The zero-order valence-electron chi connectivity index (χ0n) is 8.99. The van der Waals surface area contributed by atoms with Crippen molar-refractivity contribution in [3.8, 4) is 0 Å². The largest absolute Gasteiger partial charge is 0.480 e. The standard InChI is InChI=1S/C10H16N2O2S/c1-7(2)8-6-15-9(12-8)3-4-11-5-10(13)14/h6-7,11H,3-5H2,1-2H3,(H,13,14). The highest BCUT2D eigenvalue weighted by molar-refractivity contribution is 7.09. The van der Waals surface area contributed by atoms with E-state index in [1.54, 1.807) is 11.3 Å². The third-order valence-corrected chi connectivity index (χ3v) is 2.88. The summed E-state index contributed by atoms with van der Waals surface area (Å²) in [6, 6.07) is 0. The van der Waals surface area contributed by atoms with Crippen LogP contribution in [0.2, 0.25) is 0 Å². The second-order valence-corrected chi connectivity index (χ2v) is 4.58. The van der Waals surface area contributed by atoms with E-state index >= 15 is 0 Å². The third kappa shape index (κ3) is 4.40. The van der Waals surface area contributed by atoms with Gasteiger partial charge in [0.1, 0.15) is 0 Å². The molecule has 0 spiro atoms. The molecule has 1 aromatic rings. The number of aromatic nitrogens is 1. The summed E-state index contributed by atoms with van der Waals surface area (Å²) < 4.78 is 0. The minimum Gasteiger partial charge on any atom is -0.480 e. The topological polar surface area (TPSA) is 62.2 Å². The molecular weight excluding hydrogens is 212 g/mol. The van der Waals surface area contributed by atoms with Crippen molar-refractivity contribution < 1.29 is 9.90 Å². The van der Waals surface area contributed by atoms with Crippen LogP contribution in [0.1, 0.15) is 30.5 Å². The molecule has 0 aliphatic heterocycles. The molecule has 0 fully saturated rings. The van der Waals surface area contributed by atoms with Crippen molar-refractivity contribution in [1.29, 1.82) is 0 Å². The van der Waals surface area contributed by atoms with E-state index in [4.69, 9.17) is 5.11 Å². The zero-order chi connectivity index (χ0) is 11.3. The molecule has 5 heteroatoms. The van der Waals surface area contributed by atoms with Crippen molar-refractivity contribution >= 4 is 17.3 Å². The lowest BCUT2D eigenvalue weighted by Gasteiger charge is -1.99. The van der Waals surface area contributed by atoms with E-state index in [0.29, 0.717) is 12.5 Å². The Bertz CT molecular complexity index is 323. The number of carbonyl (C=O) groups is 1. The molecule has 0 unspecified atom stereocenters. The lowest BCUT2D eigenvalue weighted by Crippen LogP contribution is -2.24. The first-order valence-corrected chi connectivity index (χ1v) is 5.84. The molecule has 0 amide bonds. The smallest absolute Gasteiger partial charge is 0.317 e. The van der Waals surface area contributed by atoms with E-state index in [2.05, 4.69) is 29.5 Å². The fraction of sp³-hybridized carbons (Fsp3) is 0.600. The highest BCUT2D eigenvalue weighted by Gasteiger charge is 2.05. The maximum Gasteiger partial charge on any atom is 0.317 e. The Balaban J connectivity index is 2.28. The van der Waals surface area contributed by atoms with Crippen LogP contribution in [-0.4, -0.2) is 29.1 Å². The first-order chi connectivity index (χ1) is 7.09. The maximum atomic E-state index is 10.2. The molecule has 4 nitrogen and oxygen atoms in total. The van der Waals surface area contributed by atoms with E-state index in [1.807, 2.05) is 0 Å². The van der Waals surface area contributed by atoms with Gasteiger partial charge in [0.05, 0.1) is 17.2 Å². The van der Waals surface area contributed by atoms with Crippen LogP contribution >= 0.6 is 11.3 Å². The Kier molecular flexibility index (Phi) is 4.71. The predicted molar refractivity (Wildman–Crippen MR) is 60.4 cm³/mol.